The average Bonchev–Trinajstić information content (AvgIpc) is 1.86. The third-order valence-corrected chi connectivity index (χ3v) is 2.87. The van der Waals surface area contributed by atoms with Gasteiger partial charge in [-0.2, -0.15) is 0 Å². The summed E-state index contributed by atoms with van der Waals surface area (Å²) in [4.78, 5) is 10.5. The molecule has 4 nitrogen and oxygen atoms in total. The number of alkyl halides is 1. The number of methoxy groups -OCH3 is 1. The number of carbonyl (C=O) groups excluding carboxylic acids is 1. The summed E-state index contributed by atoms with van der Waals surface area (Å²) in [5.74, 6) is -1.53. The zero-order chi connectivity index (χ0) is 8.91. The molecule has 0 amide bonds. The van der Waals surface area contributed by atoms with Crippen LogP contribution in [-0.2, 0) is 19.4 Å². The van der Waals surface area contributed by atoms with Crippen molar-refractivity contribution in [2.45, 2.75) is 0 Å². The van der Waals surface area contributed by atoms with Crippen LogP contribution in [0.5, 0.6) is 0 Å². The average molecular weight is 201 g/mol. The van der Waals surface area contributed by atoms with Gasteiger partial charge in [0.15, 0.2) is 9.84 Å². The Balaban J connectivity index is 4.03. The molecule has 0 unspecified atom stereocenters. The molecule has 0 fully saturated rings. The van der Waals surface area contributed by atoms with E-state index < -0.39 is 21.6 Å². The molecule has 0 aromatic rings. The van der Waals surface area contributed by atoms with E-state index in [1.807, 2.05) is 0 Å². The first-order valence-corrected chi connectivity index (χ1v) is 5.20. The predicted molar refractivity (Wildman–Crippen MR) is 41.4 cm³/mol. The molecule has 0 bridgehead atoms. The van der Waals surface area contributed by atoms with Crippen LogP contribution in [-0.4, -0.2) is 38.9 Å². The highest BCUT2D eigenvalue weighted by atomic mass is 35.5. The molecule has 0 aromatic heterocycles. The maximum Gasteiger partial charge on any atom is 0.320 e. The van der Waals surface area contributed by atoms with Gasteiger partial charge in [-0.05, 0) is 0 Å². The van der Waals surface area contributed by atoms with Gasteiger partial charge < -0.3 is 4.74 Å². The molecule has 0 aliphatic rings. The van der Waals surface area contributed by atoms with Crippen molar-refractivity contribution >= 4 is 27.4 Å². The summed E-state index contributed by atoms with van der Waals surface area (Å²) in [6, 6.07) is 0. The second-order valence-electron chi connectivity index (χ2n) is 1.86. The van der Waals surface area contributed by atoms with Gasteiger partial charge in [-0.15, -0.1) is 11.6 Å². The van der Waals surface area contributed by atoms with E-state index in [9.17, 15) is 13.2 Å². The number of esters is 1. The molecule has 0 saturated carbocycles. The number of carbonyl (C=O) groups is 1. The Hall–Kier alpha value is -0.290. The summed E-state index contributed by atoms with van der Waals surface area (Å²) in [7, 11) is -2.21. The summed E-state index contributed by atoms with van der Waals surface area (Å²) < 4.78 is 25.8. The zero-order valence-electron chi connectivity index (χ0n) is 6.04. The number of hydrogen-bond donors (Lipinski definition) is 0. The highest BCUT2D eigenvalue weighted by molar-refractivity contribution is 7.92. The van der Waals surface area contributed by atoms with Crippen LogP contribution < -0.4 is 0 Å². The number of sulfone groups is 1. The molecule has 0 N–H and O–H groups in total. The number of halogens is 1. The minimum atomic E-state index is -3.35. The van der Waals surface area contributed by atoms with E-state index in [-0.39, 0.29) is 11.6 Å². The van der Waals surface area contributed by atoms with E-state index in [0.717, 1.165) is 7.11 Å². The van der Waals surface area contributed by atoms with E-state index in [4.69, 9.17) is 11.6 Å². The first-order valence-electron chi connectivity index (χ1n) is 2.85. The van der Waals surface area contributed by atoms with E-state index in [2.05, 4.69) is 4.74 Å². The van der Waals surface area contributed by atoms with Crippen LogP contribution in [0.1, 0.15) is 0 Å². The molecule has 0 spiro atoms. The van der Waals surface area contributed by atoms with Gasteiger partial charge in [0.1, 0.15) is 5.75 Å². The quantitative estimate of drug-likeness (QED) is 0.466. The smallest absolute Gasteiger partial charge is 0.320 e. The predicted octanol–water partition coefficient (Wildman–Crippen LogP) is -0.187. The van der Waals surface area contributed by atoms with Gasteiger partial charge in [0, 0.05) is 5.88 Å². The van der Waals surface area contributed by atoms with Crippen molar-refractivity contribution in [2.75, 3.05) is 24.5 Å². The highest BCUT2D eigenvalue weighted by Crippen LogP contribution is 1.92. The maximum absolute atomic E-state index is 10.8. The minimum absolute atomic E-state index is 0.000667. The standard InChI is InChI=1S/C5H9ClO4S/c1-10-5(7)4-11(8,9)3-2-6/h2-4H2,1H3. The Morgan fingerprint density at radius 1 is 1.55 bits per heavy atom. The van der Waals surface area contributed by atoms with Crippen LogP contribution in [0.4, 0.5) is 0 Å². The Labute approximate surface area is 70.4 Å². The van der Waals surface area contributed by atoms with Crippen LogP contribution >= 0.6 is 11.6 Å². The molecular weight excluding hydrogens is 192 g/mol. The summed E-state index contributed by atoms with van der Waals surface area (Å²) in [5.41, 5.74) is 0. The van der Waals surface area contributed by atoms with E-state index in [1.54, 1.807) is 0 Å². The lowest BCUT2D eigenvalue weighted by Crippen LogP contribution is -2.20. The van der Waals surface area contributed by atoms with Gasteiger partial charge in [0.05, 0.1) is 12.9 Å². The van der Waals surface area contributed by atoms with E-state index >= 15 is 0 Å². The molecule has 0 heterocycles. The third kappa shape index (κ3) is 5.03. The molecule has 0 aliphatic heterocycles. The van der Waals surface area contributed by atoms with Gasteiger partial charge in [-0.3, -0.25) is 4.79 Å². The first kappa shape index (κ1) is 10.7. The molecule has 0 saturated heterocycles. The number of rotatable bonds is 4. The first-order chi connectivity index (χ1) is 5.02. The fourth-order valence-corrected chi connectivity index (χ4v) is 1.99. The lowest BCUT2D eigenvalue weighted by molar-refractivity contribution is -0.137. The Bertz CT molecular complexity index is 221. The molecule has 0 aliphatic carbocycles. The molecule has 0 rings (SSSR count). The molecule has 6 heteroatoms. The lowest BCUT2D eigenvalue weighted by atomic mass is 10.8. The lowest BCUT2D eigenvalue weighted by Gasteiger charge is -1.98. The van der Waals surface area contributed by atoms with Crippen molar-refractivity contribution in [3.63, 3.8) is 0 Å². The van der Waals surface area contributed by atoms with Gasteiger partial charge >= 0.3 is 5.97 Å². The second kappa shape index (κ2) is 4.56. The fraction of sp³-hybridized carbons (Fsp3) is 0.800. The Morgan fingerprint density at radius 3 is 2.45 bits per heavy atom. The molecule has 0 radical (unpaired) electrons. The van der Waals surface area contributed by atoms with Crippen LogP contribution in [0.15, 0.2) is 0 Å². The topological polar surface area (TPSA) is 60.4 Å². The second-order valence-corrected chi connectivity index (χ2v) is 4.42. The van der Waals surface area contributed by atoms with Crippen LogP contribution in [0.3, 0.4) is 0 Å². The maximum atomic E-state index is 10.8. The van der Waals surface area contributed by atoms with Crippen molar-refractivity contribution in [3.05, 3.63) is 0 Å². The minimum Gasteiger partial charge on any atom is -0.468 e. The third-order valence-electron chi connectivity index (χ3n) is 0.954. The summed E-state index contributed by atoms with van der Waals surface area (Å²) in [5, 5.41) is 0. The SMILES string of the molecule is COC(=O)CS(=O)(=O)CCCl. The fourth-order valence-electron chi connectivity index (χ4n) is 0.428. The highest BCUT2D eigenvalue weighted by Gasteiger charge is 2.15. The monoisotopic (exact) mass is 200 g/mol. The van der Waals surface area contributed by atoms with Gasteiger partial charge in [0.25, 0.3) is 0 Å². The molecule has 11 heavy (non-hydrogen) atoms. The van der Waals surface area contributed by atoms with Crippen molar-refractivity contribution in [2.24, 2.45) is 0 Å². The molecule has 0 aromatic carbocycles. The van der Waals surface area contributed by atoms with Crippen LogP contribution in [0.2, 0.25) is 0 Å². The number of hydrogen-bond acceptors (Lipinski definition) is 4. The van der Waals surface area contributed by atoms with E-state index in [1.165, 1.54) is 0 Å². The van der Waals surface area contributed by atoms with Crippen molar-refractivity contribution in [1.82, 2.24) is 0 Å². The Morgan fingerprint density at radius 2 is 2.09 bits per heavy atom. The van der Waals surface area contributed by atoms with Crippen LogP contribution in [0, 0.1) is 0 Å². The summed E-state index contributed by atoms with van der Waals surface area (Å²) >= 11 is 5.18. The zero-order valence-corrected chi connectivity index (χ0v) is 7.61. The van der Waals surface area contributed by atoms with Crippen LogP contribution in [0.25, 0.3) is 0 Å². The normalized spacial score (nSPS) is 11.1. The van der Waals surface area contributed by atoms with E-state index in [0.29, 0.717) is 0 Å². The largest absolute Gasteiger partial charge is 0.468 e. The van der Waals surface area contributed by atoms with Gasteiger partial charge in [0.2, 0.25) is 0 Å². The van der Waals surface area contributed by atoms with Gasteiger partial charge in [-0.1, -0.05) is 0 Å². The van der Waals surface area contributed by atoms with Crippen molar-refractivity contribution < 1.29 is 17.9 Å². The van der Waals surface area contributed by atoms with Crippen molar-refractivity contribution in [3.8, 4) is 0 Å². The van der Waals surface area contributed by atoms with Gasteiger partial charge in [-0.25, -0.2) is 8.42 Å². The summed E-state index contributed by atoms with van der Waals surface area (Å²) in [6.07, 6.45) is 0. The molecule has 0 atom stereocenters. The Kier molecular flexibility index (Phi) is 4.44. The summed E-state index contributed by atoms with van der Waals surface area (Å²) in [6.45, 7) is 0. The molecule has 66 valence electrons. The van der Waals surface area contributed by atoms with Crippen molar-refractivity contribution in [1.29, 1.82) is 0 Å². The molecular formula is C5H9ClO4S. The number of ether oxygens (including phenoxy) is 1.